The molecule has 1 aromatic carbocycles. The lowest BCUT2D eigenvalue weighted by atomic mass is 9.98. The minimum absolute atomic E-state index is 0.232. The number of hydrogen-bond acceptors (Lipinski definition) is 5. The average Bonchev–Trinajstić information content (AvgIpc) is 2.76. The molecule has 3 aromatic rings. The Hall–Kier alpha value is -2.72. The van der Waals surface area contributed by atoms with Crippen LogP contribution in [0.5, 0.6) is 0 Å². The monoisotopic (exact) mass is 464 g/mol. The average molecular weight is 465 g/mol. The number of anilines is 1. The summed E-state index contributed by atoms with van der Waals surface area (Å²) in [5.41, 5.74) is 0.540. The number of nitrogens with one attached hydrogen (secondary N) is 1. The fourth-order valence-electron chi connectivity index (χ4n) is 3.93. The first-order valence-electron chi connectivity index (χ1n) is 10.2. The number of rotatable bonds is 5. The molecule has 1 saturated heterocycles. The summed E-state index contributed by atoms with van der Waals surface area (Å²) in [6.45, 7) is 1.47. The van der Waals surface area contributed by atoms with Crippen molar-refractivity contribution in [2.45, 2.75) is 19.0 Å². The van der Waals surface area contributed by atoms with Crippen LogP contribution in [0.25, 0.3) is 22.0 Å². The normalized spacial score (nSPS) is 16.4. The molecule has 2 aromatic heterocycles. The quantitative estimate of drug-likeness (QED) is 0.606. The minimum atomic E-state index is -4.55. The predicted octanol–water partition coefficient (Wildman–Crippen LogP) is 4.40. The third-order valence-electron chi connectivity index (χ3n) is 5.70. The van der Waals surface area contributed by atoms with E-state index in [2.05, 4.69) is 15.3 Å². The van der Waals surface area contributed by atoms with E-state index in [1.54, 1.807) is 18.3 Å². The lowest BCUT2D eigenvalue weighted by Crippen LogP contribution is -2.39. The third kappa shape index (κ3) is 4.86. The maximum atomic E-state index is 13.3. The first-order chi connectivity index (χ1) is 15.1. The molecule has 1 aliphatic rings. The van der Waals surface area contributed by atoms with Crippen molar-refractivity contribution in [3.05, 3.63) is 54.4 Å². The van der Waals surface area contributed by atoms with E-state index in [0.29, 0.717) is 49.2 Å². The zero-order chi connectivity index (χ0) is 22.9. The minimum Gasteiger partial charge on any atom is -0.369 e. The lowest BCUT2D eigenvalue weighted by Gasteiger charge is -2.30. The Bertz CT molecular complexity index is 1210. The van der Waals surface area contributed by atoms with Crippen LogP contribution in [0, 0.1) is 5.92 Å². The van der Waals surface area contributed by atoms with Gasteiger partial charge in [0.05, 0.1) is 11.8 Å². The molecule has 1 N–H and O–H groups in total. The van der Waals surface area contributed by atoms with Crippen LogP contribution in [-0.2, 0) is 16.2 Å². The van der Waals surface area contributed by atoms with Crippen LogP contribution in [0.3, 0.4) is 0 Å². The van der Waals surface area contributed by atoms with Gasteiger partial charge in [-0.3, -0.25) is 0 Å². The summed E-state index contributed by atoms with van der Waals surface area (Å²) < 4.78 is 64.8. The Kier molecular flexibility index (Phi) is 6.09. The van der Waals surface area contributed by atoms with E-state index in [9.17, 15) is 21.6 Å². The highest BCUT2D eigenvalue weighted by Gasteiger charge is 2.33. The van der Waals surface area contributed by atoms with Gasteiger partial charge in [-0.1, -0.05) is 30.3 Å². The van der Waals surface area contributed by atoms with Crippen molar-refractivity contribution >= 4 is 26.7 Å². The molecular weight excluding hydrogens is 441 g/mol. The SMILES string of the molecule is CS(=O)(=O)N1CCC(CNc2ncc(-c3ccccc3)c3nc(C(F)(F)F)ccc23)CC1. The fraction of sp³-hybridized carbons (Fsp3) is 0.364. The van der Waals surface area contributed by atoms with E-state index in [4.69, 9.17) is 0 Å². The topological polar surface area (TPSA) is 75.2 Å². The number of aromatic nitrogens is 2. The second kappa shape index (κ2) is 8.67. The molecule has 0 aliphatic carbocycles. The largest absolute Gasteiger partial charge is 0.433 e. The Morgan fingerprint density at radius 1 is 1.09 bits per heavy atom. The summed E-state index contributed by atoms with van der Waals surface area (Å²) in [6, 6.07) is 11.4. The lowest BCUT2D eigenvalue weighted by molar-refractivity contribution is -0.140. The van der Waals surface area contributed by atoms with E-state index >= 15 is 0 Å². The van der Waals surface area contributed by atoms with Gasteiger partial charge in [-0.2, -0.15) is 13.2 Å². The summed E-state index contributed by atoms with van der Waals surface area (Å²) in [5.74, 6) is 0.701. The Balaban J connectivity index is 1.62. The first-order valence-corrected chi connectivity index (χ1v) is 12.1. The second-order valence-electron chi connectivity index (χ2n) is 7.96. The van der Waals surface area contributed by atoms with Crippen LogP contribution < -0.4 is 5.32 Å². The number of fused-ring (bicyclic) bond motifs is 1. The molecule has 0 bridgehead atoms. The van der Waals surface area contributed by atoms with E-state index in [0.717, 1.165) is 11.6 Å². The summed E-state index contributed by atoms with van der Waals surface area (Å²) in [5, 5.41) is 3.75. The molecule has 1 aliphatic heterocycles. The maximum Gasteiger partial charge on any atom is 0.433 e. The number of piperidine rings is 1. The van der Waals surface area contributed by atoms with Crippen LogP contribution in [0.1, 0.15) is 18.5 Å². The number of pyridine rings is 2. The molecule has 0 radical (unpaired) electrons. The molecule has 0 amide bonds. The van der Waals surface area contributed by atoms with E-state index in [1.165, 1.54) is 16.6 Å². The molecule has 1 fully saturated rings. The van der Waals surface area contributed by atoms with Crippen LogP contribution in [0.4, 0.5) is 19.0 Å². The predicted molar refractivity (Wildman–Crippen MR) is 118 cm³/mol. The summed E-state index contributed by atoms with van der Waals surface area (Å²) in [6.07, 6.45) is -0.392. The van der Waals surface area contributed by atoms with Gasteiger partial charge in [0.1, 0.15) is 11.5 Å². The smallest absolute Gasteiger partial charge is 0.369 e. The number of alkyl halides is 3. The molecule has 4 rings (SSSR count). The molecule has 0 unspecified atom stereocenters. The molecule has 0 atom stereocenters. The Labute approximate surface area is 184 Å². The zero-order valence-electron chi connectivity index (χ0n) is 17.4. The molecule has 6 nitrogen and oxygen atoms in total. The number of nitrogens with zero attached hydrogens (tertiary/aromatic N) is 3. The van der Waals surface area contributed by atoms with Crippen LogP contribution in [0.2, 0.25) is 0 Å². The van der Waals surface area contributed by atoms with Crippen molar-refractivity contribution in [3.63, 3.8) is 0 Å². The van der Waals surface area contributed by atoms with Gasteiger partial charge in [-0.25, -0.2) is 22.7 Å². The van der Waals surface area contributed by atoms with Gasteiger partial charge in [-0.15, -0.1) is 0 Å². The van der Waals surface area contributed by atoms with Gasteiger partial charge in [0.15, 0.2) is 0 Å². The van der Waals surface area contributed by atoms with Crippen molar-refractivity contribution in [1.82, 2.24) is 14.3 Å². The van der Waals surface area contributed by atoms with E-state index < -0.39 is 21.9 Å². The van der Waals surface area contributed by atoms with Gasteiger partial charge in [0.25, 0.3) is 0 Å². The molecule has 3 heterocycles. The van der Waals surface area contributed by atoms with Crippen molar-refractivity contribution < 1.29 is 21.6 Å². The number of sulfonamides is 1. The molecule has 0 spiro atoms. The number of hydrogen-bond donors (Lipinski definition) is 1. The zero-order valence-corrected chi connectivity index (χ0v) is 18.2. The van der Waals surface area contributed by atoms with Crippen LogP contribution in [0.15, 0.2) is 48.7 Å². The van der Waals surface area contributed by atoms with E-state index in [1.807, 2.05) is 18.2 Å². The second-order valence-corrected chi connectivity index (χ2v) is 9.95. The van der Waals surface area contributed by atoms with Gasteiger partial charge in [-0.05, 0) is 36.5 Å². The van der Waals surface area contributed by atoms with E-state index in [-0.39, 0.29) is 11.4 Å². The molecular formula is C22H23F3N4O2S. The summed E-state index contributed by atoms with van der Waals surface area (Å²) in [7, 11) is -3.19. The fourth-order valence-corrected chi connectivity index (χ4v) is 4.80. The maximum absolute atomic E-state index is 13.3. The van der Waals surface area contributed by atoms with Gasteiger partial charge in [0, 0.05) is 36.8 Å². The van der Waals surface area contributed by atoms with Gasteiger partial charge in [0.2, 0.25) is 10.0 Å². The summed E-state index contributed by atoms with van der Waals surface area (Å²) in [4.78, 5) is 8.41. The van der Waals surface area contributed by atoms with Gasteiger partial charge >= 0.3 is 6.18 Å². The molecule has 0 saturated carbocycles. The highest BCUT2D eigenvalue weighted by atomic mass is 32.2. The standard InChI is InChI=1S/C22H23F3N4O2S/c1-32(30,31)29-11-9-15(10-12-29)13-26-21-17-7-8-19(22(23,24)25)28-20(17)18(14-27-21)16-5-3-2-4-6-16/h2-8,14-15H,9-13H2,1H3,(H,26,27). The third-order valence-corrected chi connectivity index (χ3v) is 7.01. The Morgan fingerprint density at radius 2 is 1.78 bits per heavy atom. The highest BCUT2D eigenvalue weighted by Crippen LogP contribution is 2.35. The van der Waals surface area contributed by atoms with Crippen molar-refractivity contribution in [2.24, 2.45) is 5.92 Å². The number of benzene rings is 1. The van der Waals surface area contributed by atoms with Crippen molar-refractivity contribution in [3.8, 4) is 11.1 Å². The van der Waals surface area contributed by atoms with Crippen LogP contribution in [-0.4, -0.2) is 48.6 Å². The highest BCUT2D eigenvalue weighted by molar-refractivity contribution is 7.88. The molecule has 32 heavy (non-hydrogen) atoms. The molecule has 10 heteroatoms. The summed E-state index contributed by atoms with van der Waals surface area (Å²) >= 11 is 0. The Morgan fingerprint density at radius 3 is 2.41 bits per heavy atom. The van der Waals surface area contributed by atoms with Crippen molar-refractivity contribution in [2.75, 3.05) is 31.2 Å². The van der Waals surface area contributed by atoms with Crippen molar-refractivity contribution in [1.29, 1.82) is 0 Å². The van der Waals surface area contributed by atoms with Gasteiger partial charge < -0.3 is 5.32 Å². The van der Waals surface area contributed by atoms with Crippen LogP contribution >= 0.6 is 0 Å². The molecule has 170 valence electrons. The number of halogens is 3. The first kappa shape index (κ1) is 22.5.